The Morgan fingerprint density at radius 1 is 1.47 bits per heavy atom. The zero-order chi connectivity index (χ0) is 12.3. The fourth-order valence-electron chi connectivity index (χ4n) is 2.26. The zero-order valence-corrected chi connectivity index (χ0v) is 11.1. The Kier molecular flexibility index (Phi) is 4.18. The summed E-state index contributed by atoms with van der Waals surface area (Å²) in [6.45, 7) is 5.94. The molecule has 0 saturated heterocycles. The smallest absolute Gasteiger partial charge is 0.0625 e. The van der Waals surface area contributed by atoms with Crippen molar-refractivity contribution in [2.45, 2.75) is 51.8 Å². The molecule has 0 amide bonds. The van der Waals surface area contributed by atoms with Gasteiger partial charge in [0.15, 0.2) is 0 Å². The summed E-state index contributed by atoms with van der Waals surface area (Å²) < 4.78 is 7.52. The van der Waals surface area contributed by atoms with Crippen LogP contribution >= 0.6 is 0 Å². The van der Waals surface area contributed by atoms with E-state index >= 15 is 0 Å². The molecule has 17 heavy (non-hydrogen) atoms. The van der Waals surface area contributed by atoms with E-state index in [0.717, 1.165) is 32.4 Å². The molecule has 2 rings (SSSR count). The summed E-state index contributed by atoms with van der Waals surface area (Å²) in [6, 6.07) is 2.80. The summed E-state index contributed by atoms with van der Waals surface area (Å²) in [6.07, 6.45) is 3.78. The maximum absolute atomic E-state index is 5.55. The van der Waals surface area contributed by atoms with Gasteiger partial charge in [-0.3, -0.25) is 4.68 Å². The Bertz CT molecular complexity index is 356. The van der Waals surface area contributed by atoms with Crippen LogP contribution < -0.4 is 5.32 Å². The third-order valence-corrected chi connectivity index (χ3v) is 3.46. The lowest BCUT2D eigenvalue weighted by atomic mass is 9.89. The zero-order valence-electron chi connectivity index (χ0n) is 11.1. The average molecular weight is 237 g/mol. The lowest BCUT2D eigenvalue weighted by molar-refractivity contribution is -0.0103. The number of aryl methyl sites for hydroxylation is 2. The highest BCUT2D eigenvalue weighted by molar-refractivity contribution is 5.10. The molecule has 0 unspecified atom stereocenters. The van der Waals surface area contributed by atoms with Crippen LogP contribution in [-0.4, -0.2) is 28.5 Å². The minimum absolute atomic E-state index is 0.482. The van der Waals surface area contributed by atoms with E-state index in [4.69, 9.17) is 4.74 Å². The van der Waals surface area contributed by atoms with Crippen LogP contribution in [0.25, 0.3) is 0 Å². The second-order valence-electron chi connectivity index (χ2n) is 4.73. The summed E-state index contributed by atoms with van der Waals surface area (Å²) in [7, 11) is 2.01. The van der Waals surface area contributed by atoms with E-state index < -0.39 is 0 Å². The van der Waals surface area contributed by atoms with Crippen LogP contribution in [0.5, 0.6) is 0 Å². The molecule has 1 N–H and O–H groups in total. The fraction of sp³-hybridized carbons (Fsp3) is 0.769. The average Bonchev–Trinajstić information content (AvgIpc) is 2.62. The first kappa shape index (κ1) is 12.6. The maximum Gasteiger partial charge on any atom is 0.0625 e. The van der Waals surface area contributed by atoms with E-state index in [1.807, 2.05) is 11.7 Å². The standard InChI is InChI=1S/C13H23N3O/c1-4-10-6-12(16(3)15-10)9-14-11-7-13(8-11)17-5-2/h6,11,13-14H,4-5,7-9H2,1-3H3. The molecule has 1 aliphatic carbocycles. The topological polar surface area (TPSA) is 39.1 Å². The minimum atomic E-state index is 0.482. The molecule has 4 heteroatoms. The lowest BCUT2D eigenvalue weighted by Crippen LogP contribution is -2.45. The summed E-state index contributed by atoms with van der Waals surface area (Å²) in [4.78, 5) is 0. The second kappa shape index (κ2) is 5.65. The van der Waals surface area contributed by atoms with Crippen molar-refractivity contribution >= 4 is 0 Å². The van der Waals surface area contributed by atoms with Crippen molar-refractivity contribution in [3.05, 3.63) is 17.5 Å². The molecular formula is C13H23N3O. The molecule has 1 aromatic heterocycles. The first-order valence-electron chi connectivity index (χ1n) is 6.59. The van der Waals surface area contributed by atoms with Gasteiger partial charge in [-0.15, -0.1) is 0 Å². The first-order chi connectivity index (χ1) is 8.22. The van der Waals surface area contributed by atoms with Crippen LogP contribution in [0.2, 0.25) is 0 Å². The first-order valence-corrected chi connectivity index (χ1v) is 6.59. The molecule has 0 bridgehead atoms. The van der Waals surface area contributed by atoms with Crippen LogP contribution in [0.1, 0.15) is 38.1 Å². The van der Waals surface area contributed by atoms with E-state index in [1.165, 1.54) is 11.4 Å². The largest absolute Gasteiger partial charge is 0.378 e. The Balaban J connectivity index is 1.73. The molecule has 0 radical (unpaired) electrons. The second-order valence-corrected chi connectivity index (χ2v) is 4.73. The van der Waals surface area contributed by atoms with Gasteiger partial charge in [0, 0.05) is 26.2 Å². The van der Waals surface area contributed by atoms with Gasteiger partial charge in [-0.05, 0) is 32.3 Å². The highest BCUT2D eigenvalue weighted by atomic mass is 16.5. The number of nitrogens with one attached hydrogen (secondary N) is 1. The molecule has 1 fully saturated rings. The molecule has 0 spiro atoms. The van der Waals surface area contributed by atoms with E-state index in [0.29, 0.717) is 12.1 Å². The van der Waals surface area contributed by atoms with Crippen molar-refractivity contribution in [2.24, 2.45) is 7.05 Å². The Morgan fingerprint density at radius 2 is 2.24 bits per heavy atom. The summed E-state index contributed by atoms with van der Waals surface area (Å²) in [5.41, 5.74) is 2.44. The molecule has 1 aromatic rings. The molecule has 0 aliphatic heterocycles. The molecule has 0 atom stereocenters. The Hall–Kier alpha value is -0.870. The minimum Gasteiger partial charge on any atom is -0.378 e. The van der Waals surface area contributed by atoms with Gasteiger partial charge in [0.05, 0.1) is 17.5 Å². The summed E-state index contributed by atoms with van der Waals surface area (Å²) >= 11 is 0. The van der Waals surface area contributed by atoms with Gasteiger partial charge in [0.1, 0.15) is 0 Å². The number of hydrogen-bond donors (Lipinski definition) is 1. The molecule has 1 saturated carbocycles. The normalized spacial score (nSPS) is 23.7. The van der Waals surface area contributed by atoms with Gasteiger partial charge in [0.25, 0.3) is 0 Å². The van der Waals surface area contributed by atoms with Gasteiger partial charge >= 0.3 is 0 Å². The van der Waals surface area contributed by atoms with Crippen LogP contribution in [-0.2, 0) is 24.8 Å². The number of hydrogen-bond acceptors (Lipinski definition) is 3. The quantitative estimate of drug-likeness (QED) is 0.817. The van der Waals surface area contributed by atoms with Gasteiger partial charge < -0.3 is 10.1 Å². The fourth-order valence-corrected chi connectivity index (χ4v) is 2.26. The van der Waals surface area contributed by atoms with Gasteiger partial charge in [-0.2, -0.15) is 5.10 Å². The number of rotatable bonds is 6. The molecule has 96 valence electrons. The van der Waals surface area contributed by atoms with Crippen molar-refractivity contribution in [3.63, 3.8) is 0 Å². The van der Waals surface area contributed by atoms with Gasteiger partial charge in [0.2, 0.25) is 0 Å². The molecule has 1 aliphatic rings. The third-order valence-electron chi connectivity index (χ3n) is 3.46. The SMILES string of the molecule is CCOC1CC(NCc2cc(CC)nn2C)C1. The van der Waals surface area contributed by atoms with Crippen molar-refractivity contribution in [2.75, 3.05) is 6.61 Å². The predicted octanol–water partition coefficient (Wildman–Crippen LogP) is 1.64. The van der Waals surface area contributed by atoms with E-state index in [1.54, 1.807) is 0 Å². The van der Waals surface area contributed by atoms with Crippen molar-refractivity contribution in [1.29, 1.82) is 0 Å². The number of nitrogens with zero attached hydrogens (tertiary/aromatic N) is 2. The van der Waals surface area contributed by atoms with Gasteiger partial charge in [-0.25, -0.2) is 0 Å². The van der Waals surface area contributed by atoms with Crippen molar-refractivity contribution in [3.8, 4) is 0 Å². The number of ether oxygens (including phenoxy) is 1. The van der Waals surface area contributed by atoms with Crippen LogP contribution in [0.4, 0.5) is 0 Å². The predicted molar refractivity (Wildman–Crippen MR) is 67.9 cm³/mol. The monoisotopic (exact) mass is 237 g/mol. The third kappa shape index (κ3) is 3.07. The van der Waals surface area contributed by atoms with Crippen LogP contribution in [0, 0.1) is 0 Å². The van der Waals surface area contributed by atoms with E-state index in [9.17, 15) is 0 Å². The Morgan fingerprint density at radius 3 is 2.82 bits per heavy atom. The molecule has 4 nitrogen and oxygen atoms in total. The van der Waals surface area contributed by atoms with E-state index in [-0.39, 0.29) is 0 Å². The molecule has 0 aromatic carbocycles. The lowest BCUT2D eigenvalue weighted by Gasteiger charge is -2.35. The van der Waals surface area contributed by atoms with Crippen LogP contribution in [0.3, 0.4) is 0 Å². The summed E-state index contributed by atoms with van der Waals surface area (Å²) in [5.74, 6) is 0. The van der Waals surface area contributed by atoms with Crippen molar-refractivity contribution in [1.82, 2.24) is 15.1 Å². The summed E-state index contributed by atoms with van der Waals surface area (Å²) in [5, 5.41) is 8.01. The van der Waals surface area contributed by atoms with Crippen LogP contribution in [0.15, 0.2) is 6.07 Å². The Labute approximate surface area is 103 Å². The van der Waals surface area contributed by atoms with Gasteiger partial charge in [-0.1, -0.05) is 6.92 Å². The maximum atomic E-state index is 5.55. The highest BCUT2D eigenvalue weighted by Crippen LogP contribution is 2.23. The molecular weight excluding hydrogens is 214 g/mol. The van der Waals surface area contributed by atoms with Crippen molar-refractivity contribution < 1.29 is 4.74 Å². The molecule has 1 heterocycles. The highest BCUT2D eigenvalue weighted by Gasteiger charge is 2.28. The number of aromatic nitrogens is 2. The van der Waals surface area contributed by atoms with E-state index in [2.05, 4.69) is 30.3 Å².